The van der Waals surface area contributed by atoms with Gasteiger partial charge < -0.3 is 20.5 Å². The highest BCUT2D eigenvalue weighted by molar-refractivity contribution is 5.93. The molecule has 0 bridgehead atoms. The molecule has 3 N–H and O–H groups in total. The van der Waals surface area contributed by atoms with Gasteiger partial charge in [-0.15, -0.1) is 12.4 Å². The van der Waals surface area contributed by atoms with E-state index in [0.29, 0.717) is 24.6 Å². The molecule has 0 radical (unpaired) electrons. The fourth-order valence-electron chi connectivity index (χ4n) is 4.53. The van der Waals surface area contributed by atoms with Crippen LogP contribution in [0.3, 0.4) is 0 Å². The number of ether oxygens (including phenoxy) is 1. The van der Waals surface area contributed by atoms with Crippen LogP contribution in [0.25, 0.3) is 0 Å². The topological polar surface area (TPSA) is 75.8 Å². The molecule has 1 saturated heterocycles. The largest absolute Gasteiger partial charge is 0.457 e. The van der Waals surface area contributed by atoms with Gasteiger partial charge in [0.1, 0.15) is 6.61 Å². The van der Waals surface area contributed by atoms with Crippen LogP contribution in [0.5, 0.6) is 0 Å². The van der Waals surface area contributed by atoms with Gasteiger partial charge in [-0.2, -0.15) is 0 Å². The summed E-state index contributed by atoms with van der Waals surface area (Å²) in [5.41, 5.74) is 9.97. The predicted molar refractivity (Wildman–Crippen MR) is 97.8 cm³/mol. The molecule has 1 aliphatic carbocycles. The van der Waals surface area contributed by atoms with E-state index in [-0.39, 0.29) is 23.9 Å². The number of aliphatic hydroxyl groups excluding tert-OH is 1. The van der Waals surface area contributed by atoms with Gasteiger partial charge in [-0.3, -0.25) is 0 Å². The SMILES string of the molecule is Cc1c([C@@H](O)CN2CCC(C3(N)CCC3)C2)ccc2c1COC2=O.Cl. The minimum Gasteiger partial charge on any atom is -0.457 e. The number of rotatable bonds is 4. The number of halogens is 1. The molecule has 2 heterocycles. The van der Waals surface area contributed by atoms with Crippen LogP contribution in [0.4, 0.5) is 0 Å². The lowest BCUT2D eigenvalue weighted by atomic mass is 9.68. The number of carbonyl (C=O) groups excluding carboxylic acids is 1. The molecule has 5 nitrogen and oxygen atoms in total. The van der Waals surface area contributed by atoms with Crippen LogP contribution in [-0.4, -0.2) is 41.1 Å². The Balaban J connectivity index is 0.00000182. The minimum absolute atomic E-state index is 0. The monoisotopic (exact) mass is 366 g/mol. The zero-order chi connectivity index (χ0) is 16.9. The molecular weight excluding hydrogens is 340 g/mol. The highest BCUT2D eigenvalue weighted by Gasteiger charge is 2.43. The third-order valence-electron chi connectivity index (χ3n) is 6.37. The Bertz CT molecular complexity index is 675. The molecule has 1 unspecified atom stereocenters. The number of cyclic esters (lactones) is 1. The normalized spacial score (nSPS) is 25.7. The molecule has 2 atom stereocenters. The Morgan fingerprint density at radius 1 is 1.44 bits per heavy atom. The van der Waals surface area contributed by atoms with Crippen molar-refractivity contribution < 1.29 is 14.6 Å². The second kappa shape index (κ2) is 6.88. The summed E-state index contributed by atoms with van der Waals surface area (Å²) in [4.78, 5) is 14.0. The van der Waals surface area contributed by atoms with Crippen LogP contribution in [0.1, 0.15) is 58.8 Å². The Kier molecular flexibility index (Phi) is 5.13. The summed E-state index contributed by atoms with van der Waals surface area (Å²) in [5, 5.41) is 10.7. The Labute approximate surface area is 154 Å². The quantitative estimate of drug-likeness (QED) is 0.800. The molecule has 1 aromatic rings. The van der Waals surface area contributed by atoms with Gasteiger partial charge in [0, 0.05) is 24.2 Å². The second-order valence-electron chi connectivity index (χ2n) is 7.73. The van der Waals surface area contributed by atoms with Gasteiger partial charge in [0.15, 0.2) is 0 Å². The van der Waals surface area contributed by atoms with E-state index in [1.165, 1.54) is 6.42 Å². The van der Waals surface area contributed by atoms with Crippen LogP contribution >= 0.6 is 12.4 Å². The molecule has 0 spiro atoms. The second-order valence-corrected chi connectivity index (χ2v) is 7.73. The maximum absolute atomic E-state index is 11.6. The van der Waals surface area contributed by atoms with E-state index in [9.17, 15) is 9.90 Å². The molecule has 25 heavy (non-hydrogen) atoms. The molecule has 1 saturated carbocycles. The smallest absolute Gasteiger partial charge is 0.338 e. The van der Waals surface area contributed by atoms with Crippen LogP contribution < -0.4 is 5.73 Å². The van der Waals surface area contributed by atoms with Crippen LogP contribution in [-0.2, 0) is 11.3 Å². The Morgan fingerprint density at radius 3 is 2.88 bits per heavy atom. The number of esters is 1. The number of nitrogens with zero attached hydrogens (tertiary/aromatic N) is 1. The van der Waals surface area contributed by atoms with Gasteiger partial charge in [0.05, 0.1) is 11.7 Å². The van der Waals surface area contributed by atoms with Gasteiger partial charge in [-0.25, -0.2) is 4.79 Å². The van der Waals surface area contributed by atoms with Crippen molar-refractivity contribution in [1.82, 2.24) is 4.90 Å². The lowest BCUT2D eigenvalue weighted by Gasteiger charge is -2.43. The standard InChI is InChI=1S/C19H26N2O3.ClH/c1-12-14(3-4-15-16(12)11-24-18(15)23)17(22)10-21-8-5-13(9-21)19(20)6-2-7-19;/h3-4,13,17,22H,2,5-11,20H2,1H3;1H/t13?,17-;/m0./s1. The van der Waals surface area contributed by atoms with Crippen molar-refractivity contribution in [3.05, 3.63) is 34.4 Å². The van der Waals surface area contributed by atoms with Gasteiger partial charge >= 0.3 is 5.97 Å². The first kappa shape index (κ1) is 18.6. The Morgan fingerprint density at radius 2 is 2.20 bits per heavy atom. The molecule has 0 aromatic heterocycles. The number of nitrogens with two attached hydrogens (primary N) is 1. The number of β-amino-alcohol motifs (C(OH)–C–C–N with tert-alkyl or cyclic N) is 1. The zero-order valence-corrected chi connectivity index (χ0v) is 15.5. The van der Waals surface area contributed by atoms with Crippen molar-refractivity contribution in [3.8, 4) is 0 Å². The summed E-state index contributed by atoms with van der Waals surface area (Å²) in [6.07, 6.45) is 4.14. The van der Waals surface area contributed by atoms with Crippen molar-refractivity contribution in [3.63, 3.8) is 0 Å². The van der Waals surface area contributed by atoms with Gasteiger partial charge in [0.25, 0.3) is 0 Å². The average molecular weight is 367 g/mol. The average Bonchev–Trinajstić information content (AvgIpc) is 3.13. The highest BCUT2D eigenvalue weighted by Crippen LogP contribution is 2.40. The molecule has 3 aliphatic rings. The molecular formula is C19H27ClN2O3. The molecule has 2 fully saturated rings. The number of likely N-dealkylation sites (tertiary alicyclic amines) is 1. The maximum atomic E-state index is 11.6. The fourth-order valence-corrected chi connectivity index (χ4v) is 4.53. The summed E-state index contributed by atoms with van der Waals surface area (Å²) >= 11 is 0. The van der Waals surface area contributed by atoms with E-state index in [1.54, 1.807) is 6.07 Å². The number of hydrogen-bond acceptors (Lipinski definition) is 5. The first-order chi connectivity index (χ1) is 11.5. The zero-order valence-electron chi connectivity index (χ0n) is 14.7. The number of fused-ring (bicyclic) bond motifs is 1. The maximum Gasteiger partial charge on any atom is 0.338 e. The van der Waals surface area contributed by atoms with E-state index < -0.39 is 6.10 Å². The first-order valence-corrected chi connectivity index (χ1v) is 8.97. The van der Waals surface area contributed by atoms with Gasteiger partial charge in [-0.05, 0) is 62.3 Å². The van der Waals surface area contributed by atoms with E-state index in [2.05, 4.69) is 4.90 Å². The first-order valence-electron chi connectivity index (χ1n) is 8.97. The van der Waals surface area contributed by atoms with Crippen LogP contribution in [0, 0.1) is 12.8 Å². The highest BCUT2D eigenvalue weighted by atomic mass is 35.5. The Hall–Kier alpha value is -1.14. The van der Waals surface area contributed by atoms with E-state index >= 15 is 0 Å². The summed E-state index contributed by atoms with van der Waals surface area (Å²) in [7, 11) is 0. The van der Waals surface area contributed by atoms with E-state index in [0.717, 1.165) is 49.0 Å². The minimum atomic E-state index is -0.542. The number of aliphatic hydroxyl groups is 1. The number of benzene rings is 1. The fraction of sp³-hybridized carbons (Fsp3) is 0.632. The van der Waals surface area contributed by atoms with Crippen LogP contribution in [0.15, 0.2) is 12.1 Å². The molecule has 2 aliphatic heterocycles. The molecule has 0 amide bonds. The summed E-state index contributed by atoms with van der Waals surface area (Å²) < 4.78 is 5.10. The lowest BCUT2D eigenvalue weighted by molar-refractivity contribution is 0.0535. The van der Waals surface area contributed by atoms with E-state index in [1.807, 2.05) is 13.0 Å². The van der Waals surface area contributed by atoms with Gasteiger partial charge in [-0.1, -0.05) is 6.07 Å². The molecule has 6 heteroatoms. The van der Waals surface area contributed by atoms with Gasteiger partial charge in [0.2, 0.25) is 0 Å². The van der Waals surface area contributed by atoms with Crippen molar-refractivity contribution in [2.24, 2.45) is 11.7 Å². The van der Waals surface area contributed by atoms with Crippen molar-refractivity contribution in [2.45, 2.75) is 50.9 Å². The number of hydrogen-bond donors (Lipinski definition) is 2. The third-order valence-corrected chi connectivity index (χ3v) is 6.37. The summed E-state index contributed by atoms with van der Waals surface area (Å²) in [6.45, 7) is 4.91. The predicted octanol–water partition coefficient (Wildman–Crippen LogP) is 2.32. The summed E-state index contributed by atoms with van der Waals surface area (Å²) in [5.74, 6) is 0.302. The molecule has 4 rings (SSSR count). The van der Waals surface area contributed by atoms with Crippen molar-refractivity contribution in [1.29, 1.82) is 0 Å². The number of carbonyl (C=O) groups is 1. The summed E-state index contributed by atoms with van der Waals surface area (Å²) in [6, 6.07) is 3.65. The third kappa shape index (κ3) is 3.19. The van der Waals surface area contributed by atoms with Crippen molar-refractivity contribution >= 4 is 18.4 Å². The van der Waals surface area contributed by atoms with Crippen LogP contribution in [0.2, 0.25) is 0 Å². The molecule has 138 valence electrons. The van der Waals surface area contributed by atoms with E-state index in [4.69, 9.17) is 10.5 Å². The molecule has 1 aromatic carbocycles. The van der Waals surface area contributed by atoms with Crippen molar-refractivity contribution in [2.75, 3.05) is 19.6 Å². The lowest BCUT2D eigenvalue weighted by Crippen LogP contribution is -2.53.